The number of amides is 1. The Balaban J connectivity index is 1.84. The lowest BCUT2D eigenvalue weighted by molar-refractivity contribution is -0.118. The van der Waals surface area contributed by atoms with Crippen LogP contribution < -0.4 is 11.1 Å². The third-order valence-corrected chi connectivity index (χ3v) is 6.55. The van der Waals surface area contributed by atoms with Crippen molar-refractivity contribution in [3.63, 3.8) is 0 Å². The second-order valence-electron chi connectivity index (χ2n) is 5.69. The van der Waals surface area contributed by atoms with Gasteiger partial charge in [0.15, 0.2) is 9.77 Å². The number of hydrogen-bond donors (Lipinski definition) is 3. The molecule has 0 unspecified atom stereocenters. The Hall–Kier alpha value is -1.67. The fraction of sp³-hybridized carbons (Fsp3) is 0.538. The summed E-state index contributed by atoms with van der Waals surface area (Å²) in [4.78, 5) is 15.5. The molecule has 2 fully saturated rings. The molecule has 1 heterocycles. The first-order valence-electron chi connectivity index (χ1n) is 6.81. The molecule has 0 aromatic carbocycles. The number of anilines is 1. The molecule has 1 amide bonds. The lowest BCUT2D eigenvalue weighted by atomic mass is 9.89. The summed E-state index contributed by atoms with van der Waals surface area (Å²) in [6.45, 7) is 0. The van der Waals surface area contributed by atoms with E-state index >= 15 is 0 Å². The average molecular weight is 311 g/mol. The number of sulfone groups is 1. The van der Waals surface area contributed by atoms with Crippen molar-refractivity contribution in [2.24, 2.45) is 5.73 Å². The van der Waals surface area contributed by atoms with E-state index in [2.05, 4.69) is 10.3 Å². The van der Waals surface area contributed by atoms with Crippen molar-refractivity contribution in [1.82, 2.24) is 4.98 Å². The highest BCUT2D eigenvalue weighted by Crippen LogP contribution is 2.46. The highest BCUT2D eigenvalue weighted by molar-refractivity contribution is 7.93. The molecule has 1 aromatic heterocycles. The number of carbonyl (C=O) groups is 1. The summed E-state index contributed by atoms with van der Waals surface area (Å²) in [5.41, 5.74) is 5.23. The first-order valence-corrected chi connectivity index (χ1v) is 8.30. The van der Waals surface area contributed by atoms with Crippen LogP contribution in [0.3, 0.4) is 0 Å². The number of nitrogens with two attached hydrogens (primary N) is 1. The van der Waals surface area contributed by atoms with Gasteiger partial charge in [0.1, 0.15) is 5.82 Å². The van der Waals surface area contributed by atoms with Gasteiger partial charge < -0.3 is 16.2 Å². The van der Waals surface area contributed by atoms with Crippen LogP contribution in [0.2, 0.25) is 0 Å². The topological polar surface area (TPSA) is 122 Å². The highest BCUT2D eigenvalue weighted by Gasteiger charge is 2.60. The molecule has 114 valence electrons. The second-order valence-corrected chi connectivity index (χ2v) is 7.90. The van der Waals surface area contributed by atoms with Gasteiger partial charge in [-0.25, -0.2) is 13.4 Å². The Morgan fingerprint density at radius 1 is 1.38 bits per heavy atom. The van der Waals surface area contributed by atoms with E-state index in [9.17, 15) is 18.3 Å². The number of pyridine rings is 1. The number of rotatable bonds is 5. The molecule has 0 spiro atoms. The van der Waals surface area contributed by atoms with E-state index in [0.717, 1.165) is 0 Å². The first-order chi connectivity index (χ1) is 9.85. The lowest BCUT2D eigenvalue weighted by Crippen LogP contribution is -2.40. The lowest BCUT2D eigenvalue weighted by Gasteiger charge is -2.32. The van der Waals surface area contributed by atoms with E-state index in [0.29, 0.717) is 18.7 Å². The maximum atomic E-state index is 12.5. The number of aliphatic hydroxyl groups excluding tert-OH is 1. The molecule has 2 aliphatic rings. The molecule has 0 radical (unpaired) electrons. The van der Waals surface area contributed by atoms with E-state index in [4.69, 9.17) is 5.73 Å². The Morgan fingerprint density at radius 2 is 2.05 bits per heavy atom. The van der Waals surface area contributed by atoms with Crippen LogP contribution in [0.5, 0.6) is 0 Å². The third-order valence-electron chi connectivity index (χ3n) is 4.13. The van der Waals surface area contributed by atoms with Crippen LogP contribution >= 0.6 is 0 Å². The van der Waals surface area contributed by atoms with E-state index in [1.54, 1.807) is 12.1 Å². The Labute approximate surface area is 122 Å². The Bertz CT molecular complexity index is 678. The van der Waals surface area contributed by atoms with Crippen molar-refractivity contribution in [1.29, 1.82) is 0 Å². The van der Waals surface area contributed by atoms with Crippen LogP contribution in [0.4, 0.5) is 5.82 Å². The SMILES string of the molecule is NC(=O)C1(S(=O)(=O)c2cccc(NC3CC(O)C3)n2)CC1. The average Bonchev–Trinajstić information content (AvgIpc) is 3.19. The highest BCUT2D eigenvalue weighted by atomic mass is 32.2. The summed E-state index contributed by atoms with van der Waals surface area (Å²) in [7, 11) is -3.86. The van der Waals surface area contributed by atoms with E-state index in [1.165, 1.54) is 6.07 Å². The van der Waals surface area contributed by atoms with Crippen molar-refractivity contribution in [3.05, 3.63) is 18.2 Å². The molecule has 0 saturated heterocycles. The minimum atomic E-state index is -3.86. The number of nitrogens with one attached hydrogen (secondary N) is 1. The maximum Gasteiger partial charge on any atom is 0.239 e. The van der Waals surface area contributed by atoms with Crippen molar-refractivity contribution < 1.29 is 18.3 Å². The zero-order valence-electron chi connectivity index (χ0n) is 11.3. The van der Waals surface area contributed by atoms with Gasteiger partial charge in [0.25, 0.3) is 0 Å². The molecule has 21 heavy (non-hydrogen) atoms. The summed E-state index contributed by atoms with van der Waals surface area (Å²) < 4.78 is 23.5. The fourth-order valence-corrected chi connectivity index (χ4v) is 4.30. The van der Waals surface area contributed by atoms with Crippen LogP contribution in [0.15, 0.2) is 23.2 Å². The quantitative estimate of drug-likeness (QED) is 0.692. The maximum absolute atomic E-state index is 12.5. The number of aliphatic hydroxyl groups is 1. The monoisotopic (exact) mass is 311 g/mol. The Morgan fingerprint density at radius 3 is 2.57 bits per heavy atom. The smallest absolute Gasteiger partial charge is 0.239 e. The van der Waals surface area contributed by atoms with E-state index in [-0.39, 0.29) is 30.0 Å². The molecule has 0 atom stereocenters. The van der Waals surface area contributed by atoms with Gasteiger partial charge in [-0.3, -0.25) is 4.79 Å². The molecule has 3 rings (SSSR count). The molecule has 4 N–H and O–H groups in total. The first kappa shape index (κ1) is 14.3. The predicted molar refractivity (Wildman–Crippen MR) is 75.2 cm³/mol. The van der Waals surface area contributed by atoms with Crippen LogP contribution in [0, 0.1) is 0 Å². The zero-order valence-corrected chi connectivity index (χ0v) is 12.1. The summed E-state index contributed by atoms with van der Waals surface area (Å²) in [5, 5.41) is 12.2. The molecular weight excluding hydrogens is 294 g/mol. The molecule has 2 aliphatic carbocycles. The number of nitrogens with zero attached hydrogens (tertiary/aromatic N) is 1. The summed E-state index contributed by atoms with van der Waals surface area (Å²) in [6, 6.07) is 4.71. The molecule has 2 saturated carbocycles. The summed E-state index contributed by atoms with van der Waals surface area (Å²) in [5.74, 6) is -0.391. The molecule has 8 heteroatoms. The van der Waals surface area contributed by atoms with Crippen LogP contribution in [-0.2, 0) is 14.6 Å². The Kier molecular flexibility index (Phi) is 3.18. The molecular formula is C13H17N3O4S. The van der Waals surface area contributed by atoms with Crippen molar-refractivity contribution in [2.45, 2.75) is 47.6 Å². The fourth-order valence-electron chi connectivity index (χ4n) is 2.52. The standard InChI is InChI=1S/C13H17N3O4S/c14-12(18)13(4-5-13)21(19,20)11-3-1-2-10(16-11)15-8-6-9(17)7-8/h1-3,8-9,17H,4-7H2,(H2,14,18)(H,15,16). The number of carbonyl (C=O) groups excluding carboxylic acids is 1. The zero-order chi connectivity index (χ0) is 15.3. The normalized spacial score (nSPS) is 26.7. The van der Waals surface area contributed by atoms with Crippen LogP contribution in [0.1, 0.15) is 25.7 Å². The van der Waals surface area contributed by atoms with Crippen molar-refractivity contribution in [3.8, 4) is 0 Å². The van der Waals surface area contributed by atoms with E-state index in [1.807, 2.05) is 0 Å². The minimum Gasteiger partial charge on any atom is -0.393 e. The van der Waals surface area contributed by atoms with Crippen molar-refractivity contribution in [2.75, 3.05) is 5.32 Å². The molecule has 0 aliphatic heterocycles. The summed E-state index contributed by atoms with van der Waals surface area (Å²) >= 11 is 0. The van der Waals surface area contributed by atoms with Gasteiger partial charge in [-0.1, -0.05) is 6.07 Å². The number of aromatic nitrogens is 1. The second kappa shape index (κ2) is 4.67. The molecule has 7 nitrogen and oxygen atoms in total. The van der Waals surface area contributed by atoms with Crippen LogP contribution in [-0.4, -0.2) is 41.3 Å². The van der Waals surface area contributed by atoms with Gasteiger partial charge in [-0.15, -0.1) is 0 Å². The van der Waals surface area contributed by atoms with Gasteiger partial charge in [0.2, 0.25) is 15.7 Å². The van der Waals surface area contributed by atoms with Gasteiger partial charge in [-0.2, -0.15) is 0 Å². The van der Waals surface area contributed by atoms with Crippen LogP contribution in [0.25, 0.3) is 0 Å². The largest absolute Gasteiger partial charge is 0.393 e. The third kappa shape index (κ3) is 2.28. The van der Waals surface area contributed by atoms with Gasteiger partial charge in [0, 0.05) is 6.04 Å². The number of primary amides is 1. The van der Waals surface area contributed by atoms with E-state index < -0.39 is 20.5 Å². The van der Waals surface area contributed by atoms with Crippen molar-refractivity contribution >= 4 is 21.6 Å². The van der Waals surface area contributed by atoms with Gasteiger partial charge >= 0.3 is 0 Å². The minimum absolute atomic E-state index is 0.0940. The molecule has 1 aromatic rings. The van der Waals surface area contributed by atoms with Gasteiger partial charge in [-0.05, 0) is 37.8 Å². The summed E-state index contributed by atoms with van der Waals surface area (Å²) in [6.07, 6.45) is 1.42. The number of hydrogen-bond acceptors (Lipinski definition) is 6. The predicted octanol–water partition coefficient (Wildman–Crippen LogP) is -0.192. The molecule has 0 bridgehead atoms. The van der Waals surface area contributed by atoms with Gasteiger partial charge in [0.05, 0.1) is 6.10 Å².